The Balaban J connectivity index is 1.94. The average Bonchev–Trinajstić information content (AvgIpc) is 2.39. The van der Waals surface area contributed by atoms with E-state index in [1.54, 1.807) is 0 Å². The first-order valence-electron chi connectivity index (χ1n) is 6.30. The number of carbonyl (C=O) groups is 1. The Bertz CT molecular complexity index is 416. The first-order valence-corrected chi connectivity index (χ1v) is 7.09. The number of amides is 1. The van der Waals surface area contributed by atoms with Crippen LogP contribution in [0.25, 0.3) is 0 Å². The zero-order valence-electron chi connectivity index (χ0n) is 10.5. The molecule has 0 saturated carbocycles. The van der Waals surface area contributed by atoms with E-state index in [9.17, 15) is 4.79 Å². The van der Waals surface area contributed by atoms with Crippen molar-refractivity contribution in [1.82, 2.24) is 5.32 Å². The summed E-state index contributed by atoms with van der Waals surface area (Å²) in [6, 6.07) is 8.07. The molecule has 1 saturated heterocycles. The van der Waals surface area contributed by atoms with E-state index < -0.39 is 0 Å². The number of carbonyl (C=O) groups excluding carboxylic acids is 1. The van der Waals surface area contributed by atoms with E-state index in [4.69, 9.17) is 4.74 Å². The van der Waals surface area contributed by atoms with Crippen molar-refractivity contribution < 1.29 is 9.53 Å². The fraction of sp³-hybridized carbons (Fsp3) is 0.500. The van der Waals surface area contributed by atoms with Crippen molar-refractivity contribution in [3.8, 4) is 0 Å². The Morgan fingerprint density at radius 2 is 2.17 bits per heavy atom. The summed E-state index contributed by atoms with van der Waals surface area (Å²) in [7, 11) is 0. The normalized spacial score (nSPS) is 18.3. The number of ether oxygens (including phenoxy) is 1. The molecule has 0 aromatic heterocycles. The minimum atomic E-state index is 0.0397. The van der Waals surface area contributed by atoms with Crippen molar-refractivity contribution in [2.75, 3.05) is 13.2 Å². The molecule has 0 bridgehead atoms. The van der Waals surface area contributed by atoms with Gasteiger partial charge in [-0.3, -0.25) is 4.79 Å². The molecule has 1 N–H and O–H groups in total. The molecule has 1 aromatic rings. The van der Waals surface area contributed by atoms with Gasteiger partial charge in [-0.25, -0.2) is 0 Å². The number of halogens is 1. The van der Waals surface area contributed by atoms with Crippen molar-refractivity contribution in [2.24, 2.45) is 5.92 Å². The molecule has 0 aliphatic carbocycles. The molecule has 3 nitrogen and oxygen atoms in total. The Hall–Kier alpha value is -0.870. The van der Waals surface area contributed by atoms with Gasteiger partial charge in [-0.15, -0.1) is 0 Å². The molecule has 1 atom stereocenters. The molecular weight excluding hydrogens is 294 g/mol. The highest BCUT2D eigenvalue weighted by atomic mass is 79.9. The molecule has 1 fully saturated rings. The topological polar surface area (TPSA) is 38.3 Å². The Morgan fingerprint density at radius 1 is 1.44 bits per heavy atom. The summed E-state index contributed by atoms with van der Waals surface area (Å²) in [6.07, 6.45) is 1.66. The van der Waals surface area contributed by atoms with Crippen molar-refractivity contribution in [1.29, 1.82) is 0 Å². The highest BCUT2D eigenvalue weighted by Crippen LogP contribution is 2.20. The van der Waals surface area contributed by atoms with E-state index in [1.165, 1.54) is 0 Å². The fourth-order valence-electron chi connectivity index (χ4n) is 2.15. The van der Waals surface area contributed by atoms with E-state index in [-0.39, 0.29) is 17.9 Å². The quantitative estimate of drug-likeness (QED) is 0.931. The molecular formula is C14H18BrNO2. The molecule has 1 aromatic carbocycles. The van der Waals surface area contributed by atoms with Gasteiger partial charge in [0, 0.05) is 23.6 Å². The smallest absolute Gasteiger partial charge is 0.223 e. The van der Waals surface area contributed by atoms with Crippen LogP contribution in [-0.2, 0) is 9.53 Å². The molecule has 0 radical (unpaired) electrons. The van der Waals surface area contributed by atoms with Gasteiger partial charge in [-0.05, 0) is 37.5 Å². The highest BCUT2D eigenvalue weighted by Gasteiger charge is 2.22. The van der Waals surface area contributed by atoms with E-state index in [1.807, 2.05) is 31.2 Å². The summed E-state index contributed by atoms with van der Waals surface area (Å²) in [5.41, 5.74) is 1.12. The van der Waals surface area contributed by atoms with Gasteiger partial charge < -0.3 is 10.1 Å². The van der Waals surface area contributed by atoms with Crippen LogP contribution in [0.15, 0.2) is 28.7 Å². The van der Waals surface area contributed by atoms with Gasteiger partial charge >= 0.3 is 0 Å². The Morgan fingerprint density at radius 3 is 2.83 bits per heavy atom. The van der Waals surface area contributed by atoms with E-state index >= 15 is 0 Å². The van der Waals surface area contributed by atoms with Crippen LogP contribution in [0.4, 0.5) is 0 Å². The van der Waals surface area contributed by atoms with Crippen molar-refractivity contribution in [2.45, 2.75) is 25.8 Å². The van der Waals surface area contributed by atoms with Crippen molar-refractivity contribution >= 4 is 21.8 Å². The zero-order valence-corrected chi connectivity index (χ0v) is 12.1. The van der Waals surface area contributed by atoms with Gasteiger partial charge in [0.1, 0.15) is 0 Å². The average molecular weight is 312 g/mol. The van der Waals surface area contributed by atoms with Gasteiger partial charge in [0.2, 0.25) is 5.91 Å². The van der Waals surface area contributed by atoms with Crippen LogP contribution in [0, 0.1) is 5.92 Å². The second-order valence-electron chi connectivity index (χ2n) is 4.67. The molecule has 0 unspecified atom stereocenters. The minimum absolute atomic E-state index is 0.0397. The van der Waals surface area contributed by atoms with E-state index in [0.717, 1.165) is 22.9 Å². The zero-order chi connectivity index (χ0) is 13.0. The van der Waals surface area contributed by atoms with Crippen LogP contribution in [0.5, 0.6) is 0 Å². The second kappa shape index (κ2) is 6.34. The van der Waals surface area contributed by atoms with Gasteiger partial charge in [-0.2, -0.15) is 0 Å². The summed E-state index contributed by atoms with van der Waals surface area (Å²) in [5.74, 6) is 0.249. The molecule has 1 aliphatic heterocycles. The maximum Gasteiger partial charge on any atom is 0.223 e. The largest absolute Gasteiger partial charge is 0.381 e. The molecule has 1 heterocycles. The van der Waals surface area contributed by atoms with Crippen LogP contribution in [-0.4, -0.2) is 19.1 Å². The Kier molecular flexibility index (Phi) is 4.78. The molecule has 2 rings (SSSR count). The Labute approximate surface area is 116 Å². The van der Waals surface area contributed by atoms with Crippen LogP contribution in [0.2, 0.25) is 0 Å². The lowest BCUT2D eigenvalue weighted by Gasteiger charge is -2.23. The molecule has 18 heavy (non-hydrogen) atoms. The van der Waals surface area contributed by atoms with Crippen molar-refractivity contribution in [3.63, 3.8) is 0 Å². The summed E-state index contributed by atoms with van der Waals surface area (Å²) >= 11 is 3.44. The lowest BCUT2D eigenvalue weighted by molar-refractivity contribution is -0.128. The van der Waals surface area contributed by atoms with Crippen LogP contribution < -0.4 is 5.32 Å². The van der Waals surface area contributed by atoms with Crippen LogP contribution >= 0.6 is 15.9 Å². The molecule has 1 amide bonds. The van der Waals surface area contributed by atoms with Gasteiger partial charge in [0.05, 0.1) is 6.04 Å². The maximum absolute atomic E-state index is 12.1. The predicted octanol–water partition coefficient (Wildman–Crippen LogP) is 3.05. The number of benzene rings is 1. The second-order valence-corrected chi connectivity index (χ2v) is 5.59. The lowest BCUT2D eigenvalue weighted by atomic mass is 9.98. The van der Waals surface area contributed by atoms with E-state index in [0.29, 0.717) is 13.2 Å². The number of hydrogen-bond donors (Lipinski definition) is 1. The lowest BCUT2D eigenvalue weighted by Crippen LogP contribution is -2.35. The van der Waals surface area contributed by atoms with Crippen molar-refractivity contribution in [3.05, 3.63) is 34.3 Å². The summed E-state index contributed by atoms with van der Waals surface area (Å²) < 4.78 is 6.30. The standard InChI is InChI=1S/C14H18BrNO2/c1-10(12-3-2-4-13(15)9-12)16-14(17)11-5-7-18-8-6-11/h2-4,9-11H,5-8H2,1H3,(H,16,17)/t10-/m1/s1. The molecule has 98 valence electrons. The summed E-state index contributed by atoms with van der Waals surface area (Å²) in [5, 5.41) is 3.08. The number of hydrogen-bond acceptors (Lipinski definition) is 2. The summed E-state index contributed by atoms with van der Waals surface area (Å²) in [4.78, 5) is 12.1. The third kappa shape index (κ3) is 3.56. The van der Waals surface area contributed by atoms with Gasteiger partial charge in [0.15, 0.2) is 0 Å². The first-order chi connectivity index (χ1) is 8.66. The van der Waals surface area contributed by atoms with Gasteiger partial charge in [0.25, 0.3) is 0 Å². The maximum atomic E-state index is 12.1. The molecule has 0 spiro atoms. The number of nitrogens with one attached hydrogen (secondary N) is 1. The third-order valence-electron chi connectivity index (χ3n) is 3.30. The van der Waals surface area contributed by atoms with Gasteiger partial charge in [-0.1, -0.05) is 28.1 Å². The highest BCUT2D eigenvalue weighted by molar-refractivity contribution is 9.10. The molecule has 1 aliphatic rings. The fourth-order valence-corrected chi connectivity index (χ4v) is 2.57. The summed E-state index contributed by atoms with van der Waals surface area (Å²) in [6.45, 7) is 3.41. The number of rotatable bonds is 3. The van der Waals surface area contributed by atoms with Crippen LogP contribution in [0.1, 0.15) is 31.4 Å². The molecule has 4 heteroatoms. The SMILES string of the molecule is C[C@@H](NC(=O)C1CCOCC1)c1cccc(Br)c1. The third-order valence-corrected chi connectivity index (χ3v) is 3.79. The van der Waals surface area contributed by atoms with Crippen LogP contribution in [0.3, 0.4) is 0 Å². The van der Waals surface area contributed by atoms with E-state index in [2.05, 4.69) is 21.2 Å². The predicted molar refractivity (Wildman–Crippen MR) is 74.2 cm³/mol. The first kappa shape index (κ1) is 13.6. The minimum Gasteiger partial charge on any atom is -0.381 e. The monoisotopic (exact) mass is 311 g/mol.